The van der Waals surface area contributed by atoms with Crippen molar-refractivity contribution in [1.82, 2.24) is 14.8 Å². The highest BCUT2D eigenvalue weighted by molar-refractivity contribution is 5.94. The number of benzene rings is 1. The second-order valence-electron chi connectivity index (χ2n) is 7.62. The van der Waals surface area contributed by atoms with Crippen molar-refractivity contribution in [3.05, 3.63) is 46.1 Å². The average Bonchev–Trinajstić information content (AvgIpc) is 2.97. The van der Waals surface area contributed by atoms with E-state index in [1.165, 1.54) is 0 Å². The largest absolute Gasteiger partial charge is 0.479 e. The molecule has 6 nitrogen and oxygen atoms in total. The molecule has 0 fully saturated rings. The lowest BCUT2D eigenvalue weighted by molar-refractivity contribution is -0.118. The number of hydrogen-bond donors (Lipinski definition) is 0. The highest BCUT2D eigenvalue weighted by Gasteiger charge is 2.20. The van der Waals surface area contributed by atoms with Crippen LogP contribution in [0, 0.1) is 27.7 Å². The number of amides is 1. The van der Waals surface area contributed by atoms with Gasteiger partial charge >= 0.3 is 0 Å². The molecular formula is C23H30N4O2. The number of methoxy groups -OCH3 is 1. The van der Waals surface area contributed by atoms with Crippen molar-refractivity contribution in [3.63, 3.8) is 0 Å². The van der Waals surface area contributed by atoms with Gasteiger partial charge in [-0.05, 0) is 75.4 Å². The van der Waals surface area contributed by atoms with Crippen LogP contribution in [0.1, 0.15) is 41.3 Å². The van der Waals surface area contributed by atoms with Crippen LogP contribution in [-0.4, -0.2) is 34.3 Å². The third-order valence-electron chi connectivity index (χ3n) is 5.44. The fraction of sp³-hybridized carbons (Fsp3) is 0.435. The van der Waals surface area contributed by atoms with Crippen LogP contribution in [0.2, 0.25) is 0 Å². The number of aryl methyl sites for hydroxylation is 5. The van der Waals surface area contributed by atoms with Crippen LogP contribution in [0.5, 0.6) is 5.88 Å². The van der Waals surface area contributed by atoms with E-state index < -0.39 is 0 Å². The number of nitrogens with zero attached hydrogens (tertiary/aromatic N) is 4. The van der Waals surface area contributed by atoms with Crippen LogP contribution in [0.3, 0.4) is 0 Å². The van der Waals surface area contributed by atoms with E-state index in [0.717, 1.165) is 44.7 Å². The lowest BCUT2D eigenvalue weighted by Gasteiger charge is -2.22. The summed E-state index contributed by atoms with van der Waals surface area (Å²) < 4.78 is 7.18. The monoisotopic (exact) mass is 394 g/mol. The predicted octanol–water partition coefficient (Wildman–Crippen LogP) is 4.20. The molecule has 0 N–H and O–H groups in total. The molecule has 0 aliphatic heterocycles. The van der Waals surface area contributed by atoms with Gasteiger partial charge in [0.25, 0.3) is 0 Å². The molecule has 3 aromatic rings. The van der Waals surface area contributed by atoms with Crippen LogP contribution in [0.15, 0.2) is 18.2 Å². The standard InChI is InChI=1S/C23H30N4O2/c1-8-27(18-12-14(2)11-15(3)13-18)20(28)10-9-19-16(4)21-22(24-17(19)5)26(6)25-23(21)29-7/h11-13H,8-10H2,1-7H3. The number of carbonyl (C=O) groups excluding carboxylic acids is 1. The van der Waals surface area contributed by atoms with E-state index in [0.29, 0.717) is 25.3 Å². The van der Waals surface area contributed by atoms with E-state index in [9.17, 15) is 4.79 Å². The predicted molar refractivity (Wildman–Crippen MR) is 117 cm³/mol. The Bertz CT molecular complexity index is 1050. The van der Waals surface area contributed by atoms with E-state index in [-0.39, 0.29) is 5.91 Å². The third kappa shape index (κ3) is 3.97. The molecule has 0 bridgehead atoms. The Kier molecular flexibility index (Phi) is 5.91. The van der Waals surface area contributed by atoms with E-state index in [1.54, 1.807) is 11.8 Å². The summed E-state index contributed by atoms with van der Waals surface area (Å²) in [6.07, 6.45) is 1.07. The average molecular weight is 395 g/mol. The van der Waals surface area contributed by atoms with Gasteiger partial charge in [0, 0.05) is 31.4 Å². The molecular weight excluding hydrogens is 364 g/mol. The summed E-state index contributed by atoms with van der Waals surface area (Å²) in [4.78, 5) is 19.6. The minimum atomic E-state index is 0.120. The second kappa shape index (κ2) is 8.23. The molecule has 29 heavy (non-hydrogen) atoms. The lowest BCUT2D eigenvalue weighted by Crippen LogP contribution is -2.31. The molecule has 2 aromatic heterocycles. The molecule has 0 unspecified atom stereocenters. The Hall–Kier alpha value is -2.89. The zero-order valence-corrected chi connectivity index (χ0v) is 18.5. The Morgan fingerprint density at radius 1 is 1.14 bits per heavy atom. The fourth-order valence-corrected chi connectivity index (χ4v) is 4.08. The molecule has 3 rings (SSSR count). The SMILES string of the molecule is CCN(C(=O)CCc1c(C)nc2c(c(OC)nn2C)c1C)c1cc(C)cc(C)c1. The van der Waals surface area contributed by atoms with E-state index >= 15 is 0 Å². The molecule has 0 saturated carbocycles. The van der Waals surface area contributed by atoms with Crippen LogP contribution >= 0.6 is 0 Å². The van der Waals surface area contributed by atoms with Crippen LogP contribution in [0.25, 0.3) is 11.0 Å². The van der Waals surface area contributed by atoms with Gasteiger partial charge in [-0.15, -0.1) is 5.10 Å². The molecule has 1 aromatic carbocycles. The van der Waals surface area contributed by atoms with Gasteiger partial charge in [-0.3, -0.25) is 4.79 Å². The molecule has 154 valence electrons. The summed E-state index contributed by atoms with van der Waals surface area (Å²) in [5, 5.41) is 5.32. The second-order valence-corrected chi connectivity index (χ2v) is 7.62. The maximum absolute atomic E-state index is 13.0. The summed E-state index contributed by atoms with van der Waals surface area (Å²) in [7, 11) is 3.48. The van der Waals surface area contributed by atoms with Gasteiger partial charge in [0.15, 0.2) is 5.65 Å². The zero-order chi connectivity index (χ0) is 21.3. The molecule has 0 spiro atoms. The van der Waals surface area contributed by atoms with Crippen molar-refractivity contribution in [2.75, 3.05) is 18.6 Å². The minimum Gasteiger partial charge on any atom is -0.479 e. The topological polar surface area (TPSA) is 60.3 Å². The number of hydrogen-bond acceptors (Lipinski definition) is 4. The quantitative estimate of drug-likeness (QED) is 0.629. The van der Waals surface area contributed by atoms with E-state index in [2.05, 4.69) is 44.1 Å². The zero-order valence-electron chi connectivity index (χ0n) is 18.5. The third-order valence-corrected chi connectivity index (χ3v) is 5.44. The normalized spacial score (nSPS) is 11.1. The maximum atomic E-state index is 13.0. The first kappa shape index (κ1) is 20.8. The molecule has 0 aliphatic rings. The Morgan fingerprint density at radius 3 is 2.38 bits per heavy atom. The molecule has 2 heterocycles. The van der Waals surface area contributed by atoms with Gasteiger partial charge in [-0.1, -0.05) is 6.07 Å². The summed E-state index contributed by atoms with van der Waals surface area (Å²) in [5.74, 6) is 0.694. The molecule has 0 aliphatic carbocycles. The van der Waals surface area contributed by atoms with Gasteiger partial charge in [0.2, 0.25) is 11.8 Å². The molecule has 0 saturated heterocycles. The van der Waals surface area contributed by atoms with Gasteiger partial charge in [-0.2, -0.15) is 0 Å². The summed E-state index contributed by atoms with van der Waals surface area (Å²) in [6.45, 7) is 10.8. The fourth-order valence-electron chi connectivity index (χ4n) is 4.08. The first-order valence-electron chi connectivity index (χ1n) is 10.0. The van der Waals surface area contributed by atoms with Crippen molar-refractivity contribution < 1.29 is 9.53 Å². The van der Waals surface area contributed by atoms with Crippen molar-refractivity contribution >= 4 is 22.6 Å². The van der Waals surface area contributed by atoms with Gasteiger partial charge in [0.1, 0.15) is 0 Å². The van der Waals surface area contributed by atoms with Crippen LogP contribution in [0.4, 0.5) is 5.69 Å². The smallest absolute Gasteiger partial charge is 0.242 e. The number of anilines is 1. The number of carbonyl (C=O) groups is 1. The number of pyridine rings is 1. The van der Waals surface area contributed by atoms with Crippen molar-refractivity contribution in [2.45, 2.75) is 47.5 Å². The maximum Gasteiger partial charge on any atom is 0.242 e. The number of aromatic nitrogens is 3. The molecule has 6 heteroatoms. The highest BCUT2D eigenvalue weighted by atomic mass is 16.5. The van der Waals surface area contributed by atoms with Crippen LogP contribution < -0.4 is 9.64 Å². The molecule has 0 radical (unpaired) electrons. The van der Waals surface area contributed by atoms with Crippen LogP contribution in [-0.2, 0) is 18.3 Å². The van der Waals surface area contributed by atoms with E-state index in [1.807, 2.05) is 25.8 Å². The Labute approximate surface area is 172 Å². The molecule has 0 atom stereocenters. The number of fused-ring (bicyclic) bond motifs is 1. The minimum absolute atomic E-state index is 0.120. The Morgan fingerprint density at radius 2 is 1.79 bits per heavy atom. The summed E-state index contributed by atoms with van der Waals surface area (Å²) in [6, 6.07) is 6.26. The highest BCUT2D eigenvalue weighted by Crippen LogP contribution is 2.30. The number of ether oxygens (including phenoxy) is 1. The summed E-state index contributed by atoms with van der Waals surface area (Å²) >= 11 is 0. The molecule has 1 amide bonds. The van der Waals surface area contributed by atoms with E-state index in [4.69, 9.17) is 9.72 Å². The van der Waals surface area contributed by atoms with Gasteiger partial charge in [-0.25, -0.2) is 9.67 Å². The van der Waals surface area contributed by atoms with Gasteiger partial charge in [0.05, 0.1) is 12.5 Å². The number of rotatable bonds is 6. The van der Waals surface area contributed by atoms with Crippen molar-refractivity contribution in [3.8, 4) is 5.88 Å². The first-order valence-corrected chi connectivity index (χ1v) is 10.0. The van der Waals surface area contributed by atoms with Crippen molar-refractivity contribution in [2.24, 2.45) is 7.05 Å². The van der Waals surface area contributed by atoms with Gasteiger partial charge < -0.3 is 9.64 Å². The lowest BCUT2D eigenvalue weighted by atomic mass is 9.99. The summed E-state index contributed by atoms with van der Waals surface area (Å²) in [5.41, 5.74) is 7.20. The van der Waals surface area contributed by atoms with Crippen molar-refractivity contribution in [1.29, 1.82) is 0 Å². The first-order chi connectivity index (χ1) is 13.8. The Balaban J connectivity index is 1.88.